The van der Waals surface area contributed by atoms with Crippen LogP contribution in [-0.4, -0.2) is 36.4 Å². The van der Waals surface area contributed by atoms with Crippen LogP contribution in [0.2, 0.25) is 0 Å². The fourth-order valence-electron chi connectivity index (χ4n) is 0.625. The van der Waals surface area contributed by atoms with Gasteiger partial charge in [0, 0.05) is 0 Å². The van der Waals surface area contributed by atoms with Crippen molar-refractivity contribution in [2.24, 2.45) is 0 Å². The molecule has 0 spiro atoms. The molecule has 134 valence electrons. The maximum Gasteiger partial charge on any atom is 0.461 e. The highest BCUT2D eigenvalue weighted by Crippen LogP contribution is 2.51. The van der Waals surface area contributed by atoms with Crippen molar-refractivity contribution < 1.29 is 71.2 Å². The van der Waals surface area contributed by atoms with Gasteiger partial charge in [0.1, 0.15) is 0 Å². The molecule has 0 aromatic rings. The lowest BCUT2D eigenvalue weighted by Crippen LogP contribution is -2.60. The van der Waals surface area contributed by atoms with Crippen molar-refractivity contribution in [1.82, 2.24) is 0 Å². The zero-order valence-electron chi connectivity index (χ0n) is 9.11. The molecular formula is C6F14O2. The van der Waals surface area contributed by atoms with Gasteiger partial charge in [0.15, 0.2) is 0 Å². The smallest absolute Gasteiger partial charge is 0.188 e. The van der Waals surface area contributed by atoms with Gasteiger partial charge in [0.2, 0.25) is 0 Å². The molecule has 0 amide bonds. The maximum atomic E-state index is 12.6. The fourth-order valence-corrected chi connectivity index (χ4v) is 0.625. The molecule has 2 nitrogen and oxygen atoms in total. The number of hydrogen-bond donors (Lipinski definition) is 0. The first-order valence-corrected chi connectivity index (χ1v) is 4.22. The van der Waals surface area contributed by atoms with Gasteiger partial charge in [0.25, 0.3) is 0 Å². The Morgan fingerprint density at radius 2 is 0.455 bits per heavy atom. The number of alkyl halides is 14. The Balaban J connectivity index is 5.72. The second-order valence-electron chi connectivity index (χ2n) is 3.35. The zero-order chi connectivity index (χ0) is 18.4. The molecule has 0 aliphatic rings. The Kier molecular flexibility index (Phi) is 4.99. The summed E-state index contributed by atoms with van der Waals surface area (Å²) in [6.45, 7) is 0. The topological polar surface area (TPSA) is 18.5 Å². The van der Waals surface area contributed by atoms with Gasteiger partial charge in [-0.25, -0.2) is 0 Å². The molecule has 0 unspecified atom stereocenters. The van der Waals surface area contributed by atoms with Crippen molar-refractivity contribution in [3.05, 3.63) is 0 Å². The van der Waals surface area contributed by atoms with Gasteiger partial charge in [-0.2, -0.15) is 71.2 Å². The Labute approximate surface area is 109 Å². The first-order chi connectivity index (χ1) is 9.21. The third kappa shape index (κ3) is 3.47. The molecule has 0 radical (unpaired) electrons. The maximum absolute atomic E-state index is 12.6. The molecule has 0 N–H and O–H groups in total. The molecular weight excluding hydrogens is 370 g/mol. The molecule has 0 bridgehead atoms. The number of hydrogen-bond acceptors (Lipinski definition) is 2. The van der Waals surface area contributed by atoms with Gasteiger partial charge < -0.3 is 0 Å². The normalized spacial score (nSPS) is 16.1. The molecule has 0 saturated carbocycles. The van der Waals surface area contributed by atoms with Crippen LogP contribution in [0.4, 0.5) is 61.5 Å². The lowest BCUT2D eigenvalue weighted by Gasteiger charge is -2.33. The Morgan fingerprint density at radius 1 is 0.318 bits per heavy atom. The minimum absolute atomic E-state index is 1.55. The van der Waals surface area contributed by atoms with E-state index in [0.29, 0.717) is 0 Å². The second kappa shape index (κ2) is 5.24. The van der Waals surface area contributed by atoms with Gasteiger partial charge in [-0.3, -0.25) is 0 Å². The minimum atomic E-state index is -7.23. The van der Waals surface area contributed by atoms with Crippen LogP contribution in [0.3, 0.4) is 0 Å². The van der Waals surface area contributed by atoms with Gasteiger partial charge in [-0.05, 0) is 0 Å². The van der Waals surface area contributed by atoms with Crippen LogP contribution in [0.1, 0.15) is 0 Å². The van der Waals surface area contributed by atoms with Gasteiger partial charge >= 0.3 is 36.4 Å². The molecule has 0 atom stereocenters. The Morgan fingerprint density at radius 3 is 0.545 bits per heavy atom. The average Bonchev–Trinajstić information content (AvgIpc) is 2.18. The highest BCUT2D eigenvalue weighted by atomic mass is 19.4. The van der Waals surface area contributed by atoms with Crippen LogP contribution in [0.25, 0.3) is 0 Å². The van der Waals surface area contributed by atoms with E-state index < -0.39 is 36.4 Å². The van der Waals surface area contributed by atoms with Gasteiger partial charge in [0.05, 0.1) is 0 Å². The summed E-state index contributed by atoms with van der Waals surface area (Å²) in [4.78, 5) is 3.09. The van der Waals surface area contributed by atoms with Crippen molar-refractivity contribution in [2.75, 3.05) is 0 Å². The van der Waals surface area contributed by atoms with Crippen molar-refractivity contribution in [2.45, 2.75) is 36.4 Å². The third-order valence-corrected chi connectivity index (χ3v) is 1.73. The third-order valence-electron chi connectivity index (χ3n) is 1.73. The summed E-state index contributed by atoms with van der Waals surface area (Å²) in [7, 11) is 0. The van der Waals surface area contributed by atoms with E-state index in [1.54, 1.807) is 9.78 Å². The van der Waals surface area contributed by atoms with E-state index in [9.17, 15) is 61.5 Å². The fraction of sp³-hybridized carbons (Fsp3) is 1.00. The van der Waals surface area contributed by atoms with Gasteiger partial charge in [-0.1, -0.05) is 0 Å². The van der Waals surface area contributed by atoms with Crippen LogP contribution in [0, 0.1) is 0 Å². The highest BCUT2D eigenvalue weighted by molar-refractivity contribution is 4.87. The van der Waals surface area contributed by atoms with Crippen LogP contribution in [-0.2, 0) is 9.78 Å². The lowest BCUT2D eigenvalue weighted by molar-refractivity contribution is -0.596. The second-order valence-corrected chi connectivity index (χ2v) is 3.35. The molecule has 0 aromatic heterocycles. The largest absolute Gasteiger partial charge is 0.461 e. The Hall–Kier alpha value is -1.06. The van der Waals surface area contributed by atoms with Gasteiger partial charge in [-0.15, -0.1) is 0 Å². The standard InChI is InChI=1S/C6F14O2/c7-1(3(9,10)11,4(12,13)14)21-22-2(8,5(15,16)17)6(18,19)20. The van der Waals surface area contributed by atoms with E-state index in [-0.39, 0.29) is 0 Å². The summed E-state index contributed by atoms with van der Waals surface area (Å²) in [6.07, 6.45) is -28.9. The van der Waals surface area contributed by atoms with Crippen LogP contribution in [0.5, 0.6) is 0 Å². The minimum Gasteiger partial charge on any atom is -0.188 e. The molecule has 0 heterocycles. The van der Waals surface area contributed by atoms with E-state index >= 15 is 0 Å². The van der Waals surface area contributed by atoms with Crippen molar-refractivity contribution >= 4 is 0 Å². The monoisotopic (exact) mass is 370 g/mol. The molecule has 0 aromatic carbocycles. The molecule has 0 rings (SSSR count). The molecule has 0 fully saturated rings. The van der Waals surface area contributed by atoms with Crippen molar-refractivity contribution in [1.29, 1.82) is 0 Å². The number of halogens is 14. The molecule has 0 saturated heterocycles. The molecule has 0 aliphatic heterocycles. The summed E-state index contributed by atoms with van der Waals surface area (Å²) in [5.74, 6) is -14.3. The highest BCUT2D eigenvalue weighted by Gasteiger charge is 2.80. The van der Waals surface area contributed by atoms with Crippen molar-refractivity contribution in [3.63, 3.8) is 0 Å². The van der Waals surface area contributed by atoms with E-state index in [1.165, 1.54) is 0 Å². The molecule has 16 heteroatoms. The molecule has 0 aliphatic carbocycles. The van der Waals surface area contributed by atoms with Crippen molar-refractivity contribution in [3.8, 4) is 0 Å². The first kappa shape index (κ1) is 20.9. The predicted octanol–water partition coefficient (Wildman–Crippen LogP) is 4.52. The predicted molar refractivity (Wildman–Crippen MR) is 34.1 cm³/mol. The van der Waals surface area contributed by atoms with E-state index in [2.05, 4.69) is 0 Å². The lowest BCUT2D eigenvalue weighted by atomic mass is 10.3. The average molecular weight is 370 g/mol. The molecule has 22 heavy (non-hydrogen) atoms. The van der Waals surface area contributed by atoms with E-state index in [0.717, 1.165) is 0 Å². The van der Waals surface area contributed by atoms with E-state index in [4.69, 9.17) is 0 Å². The quantitative estimate of drug-likeness (QED) is 0.413. The zero-order valence-corrected chi connectivity index (χ0v) is 9.11. The summed E-state index contributed by atoms with van der Waals surface area (Å²) in [5.41, 5.74) is 0. The van der Waals surface area contributed by atoms with Crippen LogP contribution >= 0.6 is 0 Å². The SMILES string of the molecule is FC(F)(F)C(F)(OOC(F)(C(F)(F)F)C(F)(F)F)C(F)(F)F. The summed E-state index contributed by atoms with van der Waals surface area (Å²) in [5, 5.41) is 0. The Bertz CT molecular complexity index is 318. The van der Waals surface area contributed by atoms with Crippen LogP contribution < -0.4 is 0 Å². The summed E-state index contributed by atoms with van der Waals surface area (Å²) >= 11 is 0. The number of rotatable bonds is 3. The summed E-state index contributed by atoms with van der Waals surface area (Å²) in [6, 6.07) is 0. The first-order valence-electron chi connectivity index (χ1n) is 4.22. The van der Waals surface area contributed by atoms with E-state index in [1.807, 2.05) is 0 Å². The summed E-state index contributed by atoms with van der Waals surface area (Å²) < 4.78 is 167. The van der Waals surface area contributed by atoms with Crippen LogP contribution in [0.15, 0.2) is 0 Å².